The zero-order chi connectivity index (χ0) is 22.4. The van der Waals surface area contributed by atoms with Crippen molar-refractivity contribution in [3.05, 3.63) is 61.9 Å². The van der Waals surface area contributed by atoms with Gasteiger partial charge in [-0.1, -0.05) is 23.6 Å². The maximum Gasteiger partial charge on any atom is 0.534 e. The fourth-order valence-corrected chi connectivity index (χ4v) is 4.68. The van der Waals surface area contributed by atoms with Crippen molar-refractivity contribution < 1.29 is 33.1 Å². The second-order valence-corrected chi connectivity index (χ2v) is 8.70. The molecule has 0 spiro atoms. The van der Waals surface area contributed by atoms with E-state index >= 15 is 0 Å². The summed E-state index contributed by atoms with van der Waals surface area (Å²) in [6.07, 6.45) is 4.18. The van der Waals surface area contributed by atoms with E-state index in [1.165, 1.54) is 0 Å². The second-order valence-electron chi connectivity index (χ2n) is 7.18. The van der Waals surface area contributed by atoms with Gasteiger partial charge in [0, 0.05) is 11.8 Å². The topological polar surface area (TPSA) is 149 Å². The minimum Gasteiger partial charge on any atom is -0.404 e. The smallest absolute Gasteiger partial charge is 0.404 e. The number of benzene rings is 1. The lowest BCUT2D eigenvalue weighted by Crippen LogP contribution is -2.45. The SMILES string of the molecule is C#Cc1cn(C2CCC(C(O)(O)OP3(=O)OCc4cc(C)ccc4O3)O2)c(=O)[nH]c1=O. The van der Waals surface area contributed by atoms with Crippen LogP contribution in [-0.2, 0) is 25.0 Å². The number of H-pyrrole nitrogens is 1. The molecule has 0 saturated carbocycles. The molecular weight excluding hydrogens is 431 g/mol. The monoisotopic (exact) mass is 450 g/mol. The van der Waals surface area contributed by atoms with Crippen LogP contribution in [0.1, 0.15) is 35.8 Å². The van der Waals surface area contributed by atoms with Gasteiger partial charge >= 0.3 is 19.5 Å². The van der Waals surface area contributed by atoms with Gasteiger partial charge in [0.15, 0.2) is 0 Å². The highest BCUT2D eigenvalue weighted by Gasteiger charge is 2.50. The number of rotatable bonds is 4. The van der Waals surface area contributed by atoms with Gasteiger partial charge in [-0.05, 0) is 25.8 Å². The summed E-state index contributed by atoms with van der Waals surface area (Å²) in [6, 6.07) is 5.09. The Hall–Kier alpha value is -2.71. The summed E-state index contributed by atoms with van der Waals surface area (Å²) < 4.78 is 34.7. The molecule has 11 nitrogen and oxygen atoms in total. The lowest BCUT2D eigenvalue weighted by molar-refractivity contribution is -0.349. The number of aromatic nitrogens is 2. The first kappa shape index (κ1) is 21.5. The molecule has 2 aliphatic rings. The van der Waals surface area contributed by atoms with Crippen LogP contribution in [0.4, 0.5) is 0 Å². The molecule has 0 amide bonds. The van der Waals surface area contributed by atoms with Crippen LogP contribution in [0.5, 0.6) is 5.75 Å². The van der Waals surface area contributed by atoms with E-state index in [1.54, 1.807) is 18.2 Å². The zero-order valence-corrected chi connectivity index (χ0v) is 17.2. The Morgan fingerprint density at radius 3 is 2.87 bits per heavy atom. The fourth-order valence-electron chi connectivity index (χ4n) is 3.38. The van der Waals surface area contributed by atoms with Gasteiger partial charge in [-0.15, -0.1) is 6.42 Å². The van der Waals surface area contributed by atoms with Crippen LogP contribution in [0.2, 0.25) is 0 Å². The Labute approximate surface area is 175 Å². The van der Waals surface area contributed by atoms with Crippen LogP contribution < -0.4 is 15.8 Å². The third-order valence-electron chi connectivity index (χ3n) is 4.90. The van der Waals surface area contributed by atoms with Gasteiger partial charge in [0.25, 0.3) is 5.56 Å². The molecular formula is C19H19N2O9P. The molecule has 31 heavy (non-hydrogen) atoms. The van der Waals surface area contributed by atoms with E-state index in [2.05, 4.69) is 10.9 Å². The van der Waals surface area contributed by atoms with Gasteiger partial charge in [0.1, 0.15) is 23.6 Å². The predicted octanol–water partition coefficient (Wildman–Crippen LogP) is 0.876. The lowest BCUT2D eigenvalue weighted by Gasteiger charge is -2.32. The highest BCUT2D eigenvalue weighted by Crippen LogP contribution is 2.57. The lowest BCUT2D eigenvalue weighted by atomic mass is 10.1. The first-order valence-corrected chi connectivity index (χ1v) is 10.7. The molecule has 0 aliphatic carbocycles. The summed E-state index contributed by atoms with van der Waals surface area (Å²) in [4.78, 5) is 25.8. The minimum atomic E-state index is -4.38. The van der Waals surface area contributed by atoms with Gasteiger partial charge in [-0.25, -0.2) is 13.9 Å². The number of aryl methyl sites for hydroxylation is 1. The van der Waals surface area contributed by atoms with E-state index < -0.39 is 37.4 Å². The number of phosphoric ester groups is 1. The van der Waals surface area contributed by atoms with Crippen LogP contribution in [0.25, 0.3) is 0 Å². The van der Waals surface area contributed by atoms with Crippen molar-refractivity contribution in [1.29, 1.82) is 0 Å². The summed E-state index contributed by atoms with van der Waals surface area (Å²) in [7, 11) is -4.38. The van der Waals surface area contributed by atoms with Crippen molar-refractivity contribution in [2.24, 2.45) is 0 Å². The van der Waals surface area contributed by atoms with Gasteiger partial charge in [-0.2, -0.15) is 0 Å². The van der Waals surface area contributed by atoms with Crippen molar-refractivity contribution >= 4 is 7.82 Å². The van der Waals surface area contributed by atoms with E-state index in [9.17, 15) is 24.4 Å². The molecule has 3 unspecified atom stereocenters. The summed E-state index contributed by atoms with van der Waals surface area (Å²) in [5, 5.41) is 20.8. The number of aliphatic hydroxyl groups is 2. The molecule has 12 heteroatoms. The molecule has 1 aromatic carbocycles. The van der Waals surface area contributed by atoms with Crippen LogP contribution in [0.15, 0.2) is 34.0 Å². The average molecular weight is 450 g/mol. The molecule has 1 aromatic heterocycles. The normalized spacial score (nSPS) is 25.5. The number of fused-ring (bicyclic) bond motifs is 1. The Morgan fingerprint density at radius 2 is 2.13 bits per heavy atom. The molecule has 4 rings (SSSR count). The Bertz CT molecular complexity index is 1230. The molecule has 3 heterocycles. The number of nitrogens with zero attached hydrogens (tertiary/aromatic N) is 1. The van der Waals surface area contributed by atoms with Gasteiger partial charge in [0.2, 0.25) is 0 Å². The molecule has 0 bridgehead atoms. The summed E-state index contributed by atoms with van der Waals surface area (Å²) in [5.41, 5.74) is -0.0192. The highest BCUT2D eigenvalue weighted by atomic mass is 31.2. The molecule has 1 saturated heterocycles. The number of hydrogen-bond acceptors (Lipinski definition) is 9. The molecule has 164 valence electrons. The summed E-state index contributed by atoms with van der Waals surface area (Å²) >= 11 is 0. The number of nitrogens with one attached hydrogen (secondary N) is 1. The molecule has 2 aliphatic heterocycles. The third-order valence-corrected chi connectivity index (χ3v) is 6.26. The first-order chi connectivity index (χ1) is 14.6. The van der Waals surface area contributed by atoms with E-state index in [0.717, 1.165) is 16.3 Å². The van der Waals surface area contributed by atoms with Crippen LogP contribution in [0, 0.1) is 19.3 Å². The summed E-state index contributed by atoms with van der Waals surface area (Å²) in [5.74, 6) is -0.664. The molecule has 1 fully saturated rings. The van der Waals surface area contributed by atoms with Gasteiger partial charge in [0.05, 0.1) is 6.61 Å². The Kier molecular flexibility index (Phi) is 5.39. The maximum atomic E-state index is 12.8. The average Bonchev–Trinajstić information content (AvgIpc) is 3.19. The van der Waals surface area contributed by atoms with Crippen LogP contribution in [0.3, 0.4) is 0 Å². The molecule has 3 atom stereocenters. The Balaban J connectivity index is 1.50. The summed E-state index contributed by atoms with van der Waals surface area (Å²) in [6.45, 7) is 1.76. The number of ether oxygens (including phenoxy) is 1. The largest absolute Gasteiger partial charge is 0.534 e. The standard InChI is InChI=1S/C19H19N2O9P/c1-3-12-9-21(18(23)20-17(12)22)16-7-6-15(28-16)19(24,25)30-31(26)27-10-13-8-11(2)4-5-14(13)29-31/h1,4-5,8-9,15-16,24-25H,6-7,10H2,2H3,(H,20,22,23). The van der Waals surface area contributed by atoms with Gasteiger partial charge in [-0.3, -0.25) is 18.9 Å². The number of terminal acetylenes is 1. The van der Waals surface area contributed by atoms with Crippen molar-refractivity contribution in [3.63, 3.8) is 0 Å². The van der Waals surface area contributed by atoms with Crippen molar-refractivity contribution in [3.8, 4) is 18.1 Å². The zero-order valence-electron chi connectivity index (χ0n) is 16.3. The van der Waals surface area contributed by atoms with E-state index in [4.69, 9.17) is 24.7 Å². The number of aromatic amines is 1. The first-order valence-electron chi connectivity index (χ1n) is 9.27. The highest BCUT2D eigenvalue weighted by molar-refractivity contribution is 7.49. The van der Waals surface area contributed by atoms with Crippen molar-refractivity contribution in [2.75, 3.05) is 0 Å². The van der Waals surface area contributed by atoms with Gasteiger partial charge < -0.3 is 19.5 Å². The third kappa shape index (κ3) is 4.22. The van der Waals surface area contributed by atoms with Crippen molar-refractivity contribution in [1.82, 2.24) is 9.55 Å². The minimum absolute atomic E-state index is 0.0183. The Morgan fingerprint density at radius 1 is 1.35 bits per heavy atom. The molecule has 2 aromatic rings. The molecule has 3 N–H and O–H groups in total. The number of phosphoric acid groups is 1. The van der Waals surface area contributed by atoms with Crippen LogP contribution in [-0.4, -0.2) is 31.8 Å². The fraction of sp³-hybridized carbons (Fsp3) is 0.368. The predicted molar refractivity (Wildman–Crippen MR) is 105 cm³/mol. The maximum absolute atomic E-state index is 12.8. The molecule has 0 radical (unpaired) electrons. The van der Waals surface area contributed by atoms with Crippen LogP contribution >= 0.6 is 7.82 Å². The van der Waals surface area contributed by atoms with E-state index in [1.807, 2.05) is 6.92 Å². The van der Waals surface area contributed by atoms with Crippen molar-refractivity contribution in [2.45, 2.75) is 44.7 Å². The van der Waals surface area contributed by atoms with E-state index in [0.29, 0.717) is 5.56 Å². The van der Waals surface area contributed by atoms with E-state index in [-0.39, 0.29) is 30.8 Å². The second kappa shape index (κ2) is 7.76. The quantitative estimate of drug-likeness (QED) is 0.350. The number of hydrogen-bond donors (Lipinski definition) is 3.